The van der Waals surface area contributed by atoms with Crippen molar-refractivity contribution in [2.75, 3.05) is 0 Å². The Labute approximate surface area is 122 Å². The minimum absolute atomic E-state index is 0.530. The molecule has 0 bridgehead atoms. The second-order valence-electron chi connectivity index (χ2n) is 5.18. The van der Waals surface area contributed by atoms with Crippen molar-refractivity contribution in [3.63, 3.8) is 0 Å². The van der Waals surface area contributed by atoms with Crippen LogP contribution < -0.4 is 0 Å². The molecule has 0 heteroatoms. The molecule has 0 aliphatic carbocycles. The molecular formula is C20H22. The highest BCUT2D eigenvalue weighted by Gasteiger charge is 2.09. The van der Waals surface area contributed by atoms with Gasteiger partial charge in [0.05, 0.1) is 0 Å². The number of aryl methyl sites for hydroxylation is 1. The van der Waals surface area contributed by atoms with Crippen molar-refractivity contribution in [2.24, 2.45) is 0 Å². The van der Waals surface area contributed by atoms with Gasteiger partial charge in [0.25, 0.3) is 0 Å². The van der Waals surface area contributed by atoms with E-state index >= 15 is 0 Å². The topological polar surface area (TPSA) is 0 Å². The zero-order valence-electron chi connectivity index (χ0n) is 12.2. The lowest BCUT2D eigenvalue weighted by atomic mass is 9.89. The van der Waals surface area contributed by atoms with E-state index < -0.39 is 0 Å². The zero-order valence-corrected chi connectivity index (χ0v) is 12.2. The largest absolute Gasteiger partial charge is 0.0985 e. The van der Waals surface area contributed by atoms with Gasteiger partial charge in [-0.1, -0.05) is 80.8 Å². The first kappa shape index (κ1) is 14.3. The maximum Gasteiger partial charge on any atom is -0.0181 e. The Morgan fingerprint density at radius 2 is 1.50 bits per heavy atom. The van der Waals surface area contributed by atoms with Crippen LogP contribution >= 0.6 is 0 Å². The standard InChI is InChI=1S/C20H22/c1-4-17-10-6-7-12-19(17)15-14-16(3)20-13-9-8-11-18(20)5-2/h4-13,16H,1-2,14-15H2,3H3. The van der Waals surface area contributed by atoms with Gasteiger partial charge in [-0.3, -0.25) is 0 Å². The summed E-state index contributed by atoms with van der Waals surface area (Å²) in [6.45, 7) is 10.1. The fraction of sp³-hybridized carbons (Fsp3) is 0.200. The third kappa shape index (κ3) is 3.27. The van der Waals surface area contributed by atoms with Crippen LogP contribution in [0, 0.1) is 0 Å². The maximum absolute atomic E-state index is 3.91. The summed E-state index contributed by atoms with van der Waals surface area (Å²) in [6, 6.07) is 17.0. The van der Waals surface area contributed by atoms with Crippen LogP contribution in [0.5, 0.6) is 0 Å². The molecule has 0 N–H and O–H groups in total. The van der Waals surface area contributed by atoms with Crippen LogP contribution in [-0.2, 0) is 6.42 Å². The van der Waals surface area contributed by atoms with Gasteiger partial charge in [-0.05, 0) is 41.0 Å². The second kappa shape index (κ2) is 6.91. The molecule has 102 valence electrons. The Kier molecular flexibility index (Phi) is 4.95. The third-order valence-corrected chi connectivity index (χ3v) is 3.87. The van der Waals surface area contributed by atoms with Gasteiger partial charge >= 0.3 is 0 Å². The van der Waals surface area contributed by atoms with Crippen molar-refractivity contribution in [3.8, 4) is 0 Å². The average molecular weight is 262 g/mol. The van der Waals surface area contributed by atoms with Crippen LogP contribution in [0.25, 0.3) is 12.2 Å². The molecule has 0 saturated heterocycles. The Hall–Kier alpha value is -2.08. The molecule has 2 rings (SSSR count). The first-order chi connectivity index (χ1) is 9.76. The van der Waals surface area contributed by atoms with Gasteiger partial charge < -0.3 is 0 Å². The number of rotatable bonds is 6. The lowest BCUT2D eigenvalue weighted by Crippen LogP contribution is -1.99. The maximum atomic E-state index is 3.91. The molecule has 0 aliphatic rings. The van der Waals surface area contributed by atoms with Crippen molar-refractivity contribution in [1.82, 2.24) is 0 Å². The van der Waals surface area contributed by atoms with E-state index in [9.17, 15) is 0 Å². The number of hydrogen-bond acceptors (Lipinski definition) is 0. The highest BCUT2D eigenvalue weighted by molar-refractivity contribution is 5.53. The lowest BCUT2D eigenvalue weighted by Gasteiger charge is -2.15. The molecule has 0 saturated carbocycles. The van der Waals surface area contributed by atoms with Crippen molar-refractivity contribution in [3.05, 3.63) is 83.9 Å². The van der Waals surface area contributed by atoms with Crippen LogP contribution in [0.3, 0.4) is 0 Å². The normalized spacial score (nSPS) is 11.8. The molecule has 0 nitrogen and oxygen atoms in total. The second-order valence-corrected chi connectivity index (χ2v) is 5.18. The van der Waals surface area contributed by atoms with E-state index in [1.807, 2.05) is 12.2 Å². The van der Waals surface area contributed by atoms with Gasteiger partial charge in [-0.25, -0.2) is 0 Å². The molecule has 20 heavy (non-hydrogen) atoms. The van der Waals surface area contributed by atoms with Crippen LogP contribution in [0.15, 0.2) is 61.7 Å². The van der Waals surface area contributed by atoms with Crippen LogP contribution in [0.1, 0.15) is 41.5 Å². The van der Waals surface area contributed by atoms with E-state index in [2.05, 4.69) is 68.6 Å². The quantitative estimate of drug-likeness (QED) is 0.625. The highest BCUT2D eigenvalue weighted by atomic mass is 14.1. The summed E-state index contributed by atoms with van der Waals surface area (Å²) in [5.74, 6) is 0.530. The molecule has 2 aromatic carbocycles. The SMILES string of the molecule is C=Cc1ccccc1CCC(C)c1ccccc1C=C. The summed E-state index contributed by atoms with van der Waals surface area (Å²) in [7, 11) is 0. The minimum Gasteiger partial charge on any atom is -0.0985 e. The van der Waals surface area contributed by atoms with Crippen molar-refractivity contribution in [1.29, 1.82) is 0 Å². The Bertz CT molecular complexity index is 592. The fourth-order valence-electron chi connectivity index (χ4n) is 2.63. The Morgan fingerprint density at radius 1 is 0.900 bits per heavy atom. The summed E-state index contributed by atoms with van der Waals surface area (Å²) in [5.41, 5.74) is 5.26. The van der Waals surface area contributed by atoms with Crippen molar-refractivity contribution < 1.29 is 0 Å². The Morgan fingerprint density at radius 3 is 2.20 bits per heavy atom. The minimum atomic E-state index is 0.530. The molecule has 0 radical (unpaired) electrons. The molecule has 0 heterocycles. The number of hydrogen-bond donors (Lipinski definition) is 0. The molecule has 0 amide bonds. The first-order valence-electron chi connectivity index (χ1n) is 7.18. The molecule has 0 spiro atoms. The van der Waals surface area contributed by atoms with E-state index in [-0.39, 0.29) is 0 Å². The van der Waals surface area contributed by atoms with E-state index in [0.717, 1.165) is 12.8 Å². The third-order valence-electron chi connectivity index (χ3n) is 3.87. The van der Waals surface area contributed by atoms with E-state index in [4.69, 9.17) is 0 Å². The van der Waals surface area contributed by atoms with Crippen LogP contribution in [-0.4, -0.2) is 0 Å². The van der Waals surface area contributed by atoms with Gasteiger partial charge in [0.1, 0.15) is 0 Å². The Balaban J connectivity index is 2.10. The smallest absolute Gasteiger partial charge is 0.0181 e. The average Bonchev–Trinajstić information content (AvgIpc) is 2.52. The first-order valence-corrected chi connectivity index (χ1v) is 7.18. The predicted molar refractivity (Wildman–Crippen MR) is 89.8 cm³/mol. The summed E-state index contributed by atoms with van der Waals surface area (Å²) in [5, 5.41) is 0. The molecular weight excluding hydrogens is 240 g/mol. The monoisotopic (exact) mass is 262 g/mol. The summed E-state index contributed by atoms with van der Waals surface area (Å²) < 4.78 is 0. The zero-order chi connectivity index (χ0) is 14.4. The molecule has 0 aliphatic heterocycles. The van der Waals surface area contributed by atoms with E-state index in [1.165, 1.54) is 22.3 Å². The van der Waals surface area contributed by atoms with Gasteiger partial charge in [-0.2, -0.15) is 0 Å². The van der Waals surface area contributed by atoms with Gasteiger partial charge in [0.15, 0.2) is 0 Å². The van der Waals surface area contributed by atoms with Crippen LogP contribution in [0.4, 0.5) is 0 Å². The van der Waals surface area contributed by atoms with Crippen molar-refractivity contribution >= 4 is 12.2 Å². The molecule has 1 unspecified atom stereocenters. The molecule has 0 fully saturated rings. The fourth-order valence-corrected chi connectivity index (χ4v) is 2.63. The highest BCUT2D eigenvalue weighted by Crippen LogP contribution is 2.26. The summed E-state index contributed by atoms with van der Waals surface area (Å²) >= 11 is 0. The summed E-state index contributed by atoms with van der Waals surface area (Å²) in [6.07, 6.45) is 6.10. The molecule has 2 aromatic rings. The lowest BCUT2D eigenvalue weighted by molar-refractivity contribution is 0.678. The van der Waals surface area contributed by atoms with Crippen LogP contribution in [0.2, 0.25) is 0 Å². The molecule has 0 aromatic heterocycles. The summed E-state index contributed by atoms with van der Waals surface area (Å²) in [4.78, 5) is 0. The van der Waals surface area contributed by atoms with Gasteiger partial charge in [-0.15, -0.1) is 0 Å². The van der Waals surface area contributed by atoms with E-state index in [0.29, 0.717) is 5.92 Å². The van der Waals surface area contributed by atoms with E-state index in [1.54, 1.807) is 0 Å². The van der Waals surface area contributed by atoms with Gasteiger partial charge in [0, 0.05) is 0 Å². The molecule has 1 atom stereocenters. The van der Waals surface area contributed by atoms with Gasteiger partial charge in [0.2, 0.25) is 0 Å². The van der Waals surface area contributed by atoms with Crippen molar-refractivity contribution in [2.45, 2.75) is 25.7 Å². The predicted octanol–water partition coefficient (Wildman–Crippen LogP) is 5.71. The number of benzene rings is 2.